The Kier molecular flexibility index (Phi) is 4.37. The van der Waals surface area contributed by atoms with Gasteiger partial charge in [0.05, 0.1) is 6.61 Å². The summed E-state index contributed by atoms with van der Waals surface area (Å²) in [5.74, 6) is 1.41. The smallest absolute Gasteiger partial charge is 0.253 e. The molecule has 0 aromatic carbocycles. The Morgan fingerprint density at radius 1 is 1.18 bits per heavy atom. The minimum absolute atomic E-state index is 0.618. The van der Waals surface area contributed by atoms with E-state index in [4.69, 9.17) is 4.74 Å². The Hall–Kier alpha value is -1.58. The van der Waals surface area contributed by atoms with Crippen LogP contribution in [0.4, 0.5) is 0 Å². The number of rotatable bonds is 5. The van der Waals surface area contributed by atoms with Crippen LogP contribution in [0.25, 0.3) is 5.78 Å². The van der Waals surface area contributed by atoms with E-state index in [1.807, 2.05) is 20.8 Å². The van der Waals surface area contributed by atoms with Crippen LogP contribution in [-0.4, -0.2) is 42.7 Å². The van der Waals surface area contributed by atoms with Crippen LogP contribution in [0.5, 0.6) is 0 Å². The minimum Gasteiger partial charge on any atom is -0.384 e. The molecule has 7 nitrogen and oxygen atoms in total. The molecule has 3 aromatic rings. The molecule has 0 N–H and O–H groups in total. The van der Waals surface area contributed by atoms with Crippen LogP contribution in [0.2, 0.25) is 0 Å². The highest BCUT2D eigenvalue weighted by Gasteiger charge is 2.14. The number of fused-ring (bicyclic) bond motifs is 1. The quantitative estimate of drug-likeness (QED) is 0.707. The van der Waals surface area contributed by atoms with Crippen LogP contribution in [0.15, 0.2) is 9.50 Å². The maximum absolute atomic E-state index is 5.03. The number of nitrogens with zero attached hydrogens (tertiary/aromatic N) is 6. The first-order valence-electron chi connectivity index (χ1n) is 6.78. The standard InChI is InChI=1S/C13H16N6OS2/c1-7-8(2)14-11-16-12(17-19(11)9(7)3)21-13-15-10(18-22-13)5-6-20-4/h5-6H2,1-4H3. The fourth-order valence-electron chi connectivity index (χ4n) is 1.93. The molecule has 9 heteroatoms. The molecule has 0 atom stereocenters. The summed E-state index contributed by atoms with van der Waals surface area (Å²) < 4.78 is 11.9. The zero-order valence-electron chi connectivity index (χ0n) is 12.8. The SMILES string of the molecule is COCCc1nsc(Sc2nc3nc(C)c(C)c(C)n3n2)n1. The average molecular weight is 336 g/mol. The molecule has 3 aromatic heterocycles. The highest BCUT2D eigenvalue weighted by atomic mass is 32.2. The van der Waals surface area contributed by atoms with E-state index in [0.29, 0.717) is 24.0 Å². The highest BCUT2D eigenvalue weighted by Crippen LogP contribution is 2.27. The van der Waals surface area contributed by atoms with E-state index < -0.39 is 0 Å². The predicted molar refractivity (Wildman–Crippen MR) is 84.6 cm³/mol. The summed E-state index contributed by atoms with van der Waals surface area (Å²) in [4.78, 5) is 13.4. The number of hydrogen-bond acceptors (Lipinski definition) is 8. The van der Waals surface area contributed by atoms with Gasteiger partial charge in [-0.05, 0) is 49.6 Å². The van der Waals surface area contributed by atoms with Crippen LogP contribution < -0.4 is 0 Å². The molecule has 22 heavy (non-hydrogen) atoms. The van der Waals surface area contributed by atoms with E-state index in [1.165, 1.54) is 23.3 Å². The third kappa shape index (κ3) is 2.96. The Morgan fingerprint density at radius 2 is 2.00 bits per heavy atom. The minimum atomic E-state index is 0.618. The molecular formula is C13H16N6OS2. The number of ether oxygens (including phenoxy) is 1. The topological polar surface area (TPSA) is 78.1 Å². The average Bonchev–Trinajstić information content (AvgIpc) is 3.10. The largest absolute Gasteiger partial charge is 0.384 e. The van der Waals surface area contributed by atoms with Crippen molar-refractivity contribution in [3.63, 3.8) is 0 Å². The molecule has 0 aliphatic rings. The Labute approximate surface area is 136 Å². The summed E-state index contributed by atoms with van der Waals surface area (Å²) in [5, 5.41) is 5.14. The van der Waals surface area contributed by atoms with Gasteiger partial charge in [-0.1, -0.05) is 0 Å². The van der Waals surface area contributed by atoms with Crippen LogP contribution in [0.3, 0.4) is 0 Å². The summed E-state index contributed by atoms with van der Waals surface area (Å²) in [6.45, 7) is 6.66. The Morgan fingerprint density at radius 3 is 2.77 bits per heavy atom. The molecule has 0 saturated heterocycles. The number of aromatic nitrogens is 6. The van der Waals surface area contributed by atoms with E-state index >= 15 is 0 Å². The fourth-order valence-corrected chi connectivity index (χ4v) is 3.44. The van der Waals surface area contributed by atoms with Crippen molar-refractivity contribution in [1.29, 1.82) is 0 Å². The monoisotopic (exact) mass is 336 g/mol. The number of hydrogen-bond donors (Lipinski definition) is 0. The zero-order chi connectivity index (χ0) is 15.7. The molecule has 0 aliphatic heterocycles. The molecule has 116 valence electrons. The van der Waals surface area contributed by atoms with Crippen molar-refractivity contribution >= 4 is 29.1 Å². The molecule has 0 unspecified atom stereocenters. The van der Waals surface area contributed by atoms with Crippen LogP contribution >= 0.6 is 23.3 Å². The van der Waals surface area contributed by atoms with Gasteiger partial charge >= 0.3 is 0 Å². The summed E-state index contributed by atoms with van der Waals surface area (Å²) in [5.41, 5.74) is 3.17. The fraction of sp³-hybridized carbons (Fsp3) is 0.462. The lowest BCUT2D eigenvalue weighted by molar-refractivity contribution is 0.200. The first-order chi connectivity index (χ1) is 10.6. The zero-order valence-corrected chi connectivity index (χ0v) is 14.5. The second-order valence-corrected chi connectivity index (χ2v) is 6.80. The molecular weight excluding hydrogens is 320 g/mol. The van der Waals surface area contributed by atoms with Gasteiger partial charge in [0.15, 0.2) is 4.34 Å². The molecule has 0 aliphatic carbocycles. The van der Waals surface area contributed by atoms with Gasteiger partial charge in [0.1, 0.15) is 5.82 Å². The number of aryl methyl sites for hydroxylation is 2. The molecule has 0 radical (unpaired) electrons. The van der Waals surface area contributed by atoms with Gasteiger partial charge in [-0.25, -0.2) is 14.5 Å². The normalized spacial score (nSPS) is 11.5. The van der Waals surface area contributed by atoms with E-state index in [2.05, 4.69) is 24.4 Å². The summed E-state index contributed by atoms with van der Waals surface area (Å²) in [6.07, 6.45) is 0.713. The van der Waals surface area contributed by atoms with Crippen molar-refractivity contribution in [2.24, 2.45) is 0 Å². The van der Waals surface area contributed by atoms with Crippen molar-refractivity contribution in [2.45, 2.75) is 36.7 Å². The number of methoxy groups -OCH3 is 1. The molecule has 3 heterocycles. The van der Waals surface area contributed by atoms with Gasteiger partial charge in [0.2, 0.25) is 5.16 Å². The maximum Gasteiger partial charge on any atom is 0.253 e. The van der Waals surface area contributed by atoms with E-state index in [1.54, 1.807) is 11.6 Å². The lowest BCUT2D eigenvalue weighted by atomic mass is 10.2. The van der Waals surface area contributed by atoms with Gasteiger partial charge < -0.3 is 4.74 Å². The summed E-state index contributed by atoms with van der Waals surface area (Å²) >= 11 is 2.76. The molecule has 0 spiro atoms. The van der Waals surface area contributed by atoms with Gasteiger partial charge in [0, 0.05) is 24.9 Å². The van der Waals surface area contributed by atoms with Crippen molar-refractivity contribution in [2.75, 3.05) is 13.7 Å². The van der Waals surface area contributed by atoms with Gasteiger partial charge in [0.25, 0.3) is 5.78 Å². The van der Waals surface area contributed by atoms with Crippen molar-refractivity contribution in [3.05, 3.63) is 22.8 Å². The third-order valence-electron chi connectivity index (χ3n) is 3.40. The first kappa shape index (κ1) is 15.3. The second kappa shape index (κ2) is 6.27. The van der Waals surface area contributed by atoms with E-state index in [-0.39, 0.29) is 0 Å². The predicted octanol–water partition coefficient (Wildman–Crippen LogP) is 2.24. The maximum atomic E-state index is 5.03. The second-order valence-electron chi connectivity index (χ2n) is 4.84. The Balaban J connectivity index is 1.85. The lowest BCUT2D eigenvalue weighted by Gasteiger charge is -2.04. The van der Waals surface area contributed by atoms with Gasteiger partial charge in [-0.3, -0.25) is 0 Å². The lowest BCUT2D eigenvalue weighted by Crippen LogP contribution is -2.02. The molecule has 0 saturated carbocycles. The van der Waals surface area contributed by atoms with Crippen LogP contribution in [0.1, 0.15) is 22.8 Å². The van der Waals surface area contributed by atoms with Crippen LogP contribution in [-0.2, 0) is 11.2 Å². The van der Waals surface area contributed by atoms with E-state index in [9.17, 15) is 0 Å². The molecule has 0 fully saturated rings. The van der Waals surface area contributed by atoms with E-state index in [0.717, 1.165) is 27.1 Å². The summed E-state index contributed by atoms with van der Waals surface area (Å²) in [7, 11) is 1.67. The molecule has 0 amide bonds. The van der Waals surface area contributed by atoms with Crippen molar-refractivity contribution < 1.29 is 4.74 Å². The van der Waals surface area contributed by atoms with Crippen molar-refractivity contribution in [1.82, 2.24) is 28.9 Å². The van der Waals surface area contributed by atoms with Crippen LogP contribution in [0, 0.1) is 20.8 Å². The summed E-state index contributed by atoms with van der Waals surface area (Å²) in [6, 6.07) is 0. The Bertz CT molecular complexity index is 812. The first-order valence-corrected chi connectivity index (χ1v) is 8.37. The third-order valence-corrected chi connectivity index (χ3v) is 5.04. The highest BCUT2D eigenvalue weighted by molar-refractivity contribution is 8.00. The van der Waals surface area contributed by atoms with Gasteiger partial charge in [-0.15, -0.1) is 5.10 Å². The van der Waals surface area contributed by atoms with Gasteiger partial charge in [-0.2, -0.15) is 9.36 Å². The molecule has 3 rings (SSSR count). The van der Waals surface area contributed by atoms with Crippen molar-refractivity contribution in [3.8, 4) is 0 Å². The molecule has 0 bridgehead atoms.